The van der Waals surface area contributed by atoms with Crippen LogP contribution in [0.3, 0.4) is 0 Å². The van der Waals surface area contributed by atoms with Crippen molar-refractivity contribution in [1.29, 1.82) is 0 Å². The zero-order valence-electron chi connectivity index (χ0n) is 31.3. The van der Waals surface area contributed by atoms with E-state index in [1.165, 1.54) is 16.5 Å². The van der Waals surface area contributed by atoms with Gasteiger partial charge in [0.05, 0.1) is 30.5 Å². The van der Waals surface area contributed by atoms with Gasteiger partial charge in [-0.1, -0.05) is 49.2 Å². The number of phosphoric acid groups is 1. The number of phosphoric ester groups is 1. The lowest BCUT2D eigenvalue weighted by atomic mass is 10.0. The molecule has 1 atom stereocenters. The second-order valence-corrected chi connectivity index (χ2v) is 16.8. The number of hydrogen-bond donors (Lipinski definition) is 2. The highest BCUT2D eigenvalue weighted by Gasteiger charge is 2.39. The number of hydrogen-bond acceptors (Lipinski definition) is 9. The predicted octanol–water partition coefficient (Wildman–Crippen LogP) is 9.17. The molecule has 0 radical (unpaired) electrons. The van der Waals surface area contributed by atoms with Gasteiger partial charge in [0.1, 0.15) is 11.4 Å². The Bertz CT molecular complexity index is 1280. The van der Waals surface area contributed by atoms with E-state index in [1.54, 1.807) is 74.4 Å². The zero-order chi connectivity index (χ0) is 36.7. The molecule has 0 heterocycles. The van der Waals surface area contributed by atoms with Gasteiger partial charge in [-0.15, -0.1) is 0 Å². The van der Waals surface area contributed by atoms with Gasteiger partial charge in [-0.25, -0.2) is 9.36 Å². The molecule has 10 nitrogen and oxygen atoms in total. The number of benzene rings is 2. The average Bonchev–Trinajstić information content (AvgIpc) is 2.96. The van der Waals surface area contributed by atoms with E-state index in [0.717, 1.165) is 51.6 Å². The number of amides is 1. The van der Waals surface area contributed by atoms with Crippen molar-refractivity contribution in [3.05, 3.63) is 65.2 Å². The summed E-state index contributed by atoms with van der Waals surface area (Å²) in [6.45, 7) is 17.3. The second kappa shape index (κ2) is 19.8. The van der Waals surface area contributed by atoms with Crippen molar-refractivity contribution in [3.8, 4) is 5.75 Å². The van der Waals surface area contributed by atoms with Crippen molar-refractivity contribution >= 4 is 13.9 Å². The Labute approximate surface area is 295 Å². The Morgan fingerprint density at radius 3 is 1.96 bits per heavy atom. The number of aryl methyl sites for hydroxylation is 1. The average molecular weight is 708 g/mol. The van der Waals surface area contributed by atoms with Crippen LogP contribution in [-0.2, 0) is 36.1 Å². The predicted molar refractivity (Wildman–Crippen MR) is 194 cm³/mol. The SMILES string of the molecule is CC(C)(C)OC(=O)N(CCCCCCOCCCCc1ccccc1)C[C@@H](O)c1ccc(OP(=O)(OC(C)(C)C)OC(C)(C)C)c(CO)c1. The van der Waals surface area contributed by atoms with Crippen LogP contribution < -0.4 is 4.52 Å². The minimum atomic E-state index is -4.11. The van der Waals surface area contributed by atoms with Crippen LogP contribution in [0.15, 0.2) is 48.5 Å². The van der Waals surface area contributed by atoms with Gasteiger partial charge in [0.2, 0.25) is 0 Å². The molecule has 0 unspecified atom stereocenters. The normalized spacial score (nSPS) is 13.3. The monoisotopic (exact) mass is 707 g/mol. The summed E-state index contributed by atoms with van der Waals surface area (Å²) in [6.07, 6.45) is 5.19. The lowest BCUT2D eigenvalue weighted by molar-refractivity contribution is 0.0137. The highest BCUT2D eigenvalue weighted by atomic mass is 31.2. The number of aliphatic hydroxyl groups excluding tert-OH is 2. The lowest BCUT2D eigenvalue weighted by Gasteiger charge is -2.31. The first kappa shape index (κ1) is 42.7. The van der Waals surface area contributed by atoms with Crippen LogP contribution in [0.1, 0.15) is 124 Å². The van der Waals surface area contributed by atoms with Gasteiger partial charge in [-0.2, -0.15) is 0 Å². The molecule has 1 amide bonds. The summed E-state index contributed by atoms with van der Waals surface area (Å²) < 4.78 is 42.3. The van der Waals surface area contributed by atoms with Crippen LogP contribution in [0.25, 0.3) is 0 Å². The Hall–Kier alpha value is -2.46. The van der Waals surface area contributed by atoms with E-state index < -0.39 is 43.4 Å². The van der Waals surface area contributed by atoms with Crippen LogP contribution in [0.2, 0.25) is 0 Å². The molecule has 0 fully saturated rings. The summed E-state index contributed by atoms with van der Waals surface area (Å²) in [4.78, 5) is 14.6. The first-order valence-corrected chi connectivity index (χ1v) is 19.0. The Balaban J connectivity index is 1.95. The van der Waals surface area contributed by atoms with Gasteiger partial charge in [-0.3, -0.25) is 9.05 Å². The summed E-state index contributed by atoms with van der Waals surface area (Å²) in [6, 6.07) is 15.2. The lowest BCUT2D eigenvalue weighted by Crippen LogP contribution is -2.39. The summed E-state index contributed by atoms with van der Waals surface area (Å²) in [5.41, 5.74) is -0.270. The van der Waals surface area contributed by atoms with Crippen molar-refractivity contribution in [3.63, 3.8) is 0 Å². The molecule has 2 rings (SSSR count). The van der Waals surface area contributed by atoms with E-state index in [2.05, 4.69) is 24.3 Å². The van der Waals surface area contributed by atoms with Gasteiger partial charge in [0.25, 0.3) is 0 Å². The van der Waals surface area contributed by atoms with Gasteiger partial charge in [-0.05, 0) is 118 Å². The first-order valence-electron chi connectivity index (χ1n) is 17.5. The van der Waals surface area contributed by atoms with Crippen LogP contribution in [-0.4, -0.2) is 64.3 Å². The van der Waals surface area contributed by atoms with E-state index in [-0.39, 0.29) is 17.9 Å². The number of rotatable bonds is 20. The van der Waals surface area contributed by atoms with Gasteiger partial charge >= 0.3 is 13.9 Å². The van der Waals surface area contributed by atoms with E-state index in [1.807, 2.05) is 6.07 Å². The van der Waals surface area contributed by atoms with E-state index in [0.29, 0.717) is 18.7 Å². The number of carbonyl (C=O) groups is 1. The quantitative estimate of drug-likeness (QED) is 0.102. The Morgan fingerprint density at radius 2 is 1.39 bits per heavy atom. The fourth-order valence-corrected chi connectivity index (χ4v) is 6.78. The van der Waals surface area contributed by atoms with Crippen molar-refractivity contribution < 1.29 is 42.6 Å². The molecule has 2 N–H and O–H groups in total. The first-order chi connectivity index (χ1) is 22.8. The summed E-state index contributed by atoms with van der Waals surface area (Å²) in [7, 11) is -4.11. The third-order valence-electron chi connectivity index (χ3n) is 6.98. The fraction of sp³-hybridized carbons (Fsp3) is 0.658. The highest BCUT2D eigenvalue weighted by Crippen LogP contribution is 2.55. The molecule has 0 aliphatic heterocycles. The van der Waals surface area contributed by atoms with E-state index in [4.69, 9.17) is 23.0 Å². The molecule has 2 aromatic rings. The number of ether oxygens (including phenoxy) is 2. The van der Waals surface area contributed by atoms with E-state index in [9.17, 15) is 19.6 Å². The third kappa shape index (κ3) is 18.4. The maximum absolute atomic E-state index is 13.7. The van der Waals surface area contributed by atoms with Gasteiger partial charge in [0, 0.05) is 25.3 Å². The van der Waals surface area contributed by atoms with Crippen LogP contribution >= 0.6 is 7.82 Å². The molecule has 0 bridgehead atoms. The van der Waals surface area contributed by atoms with Crippen LogP contribution in [0.5, 0.6) is 5.75 Å². The summed E-state index contributed by atoms with van der Waals surface area (Å²) in [5.74, 6) is 0.107. The number of aliphatic hydroxyl groups is 2. The molecule has 0 aromatic heterocycles. The molecular formula is C38H62NO9P. The summed E-state index contributed by atoms with van der Waals surface area (Å²) in [5, 5.41) is 21.4. The molecule has 0 aliphatic carbocycles. The maximum Gasteiger partial charge on any atom is 0.531 e. The molecule has 11 heteroatoms. The van der Waals surface area contributed by atoms with Crippen molar-refractivity contribution in [2.75, 3.05) is 26.3 Å². The van der Waals surface area contributed by atoms with Crippen molar-refractivity contribution in [2.24, 2.45) is 0 Å². The molecular weight excluding hydrogens is 645 g/mol. The van der Waals surface area contributed by atoms with Gasteiger partial charge < -0.3 is 29.1 Å². The molecule has 278 valence electrons. The minimum Gasteiger partial charge on any atom is -0.444 e. The number of unbranched alkanes of at least 4 members (excludes halogenated alkanes) is 4. The number of nitrogens with zero attached hydrogens (tertiary/aromatic N) is 1. The smallest absolute Gasteiger partial charge is 0.444 e. The topological polar surface area (TPSA) is 124 Å². The van der Waals surface area contributed by atoms with Crippen LogP contribution in [0.4, 0.5) is 4.79 Å². The standard InChI is InChI=1S/C38H62NO9P/c1-36(2,3)45-35(42)39(24-16-10-11-17-25-44-26-18-15-21-30-19-13-12-14-20-30)28-33(41)31-22-23-34(32(27-31)29-40)46-49(43,47-37(4,5)6)48-38(7,8)9/h12-14,19-20,22-23,27,33,40-41H,10-11,15-18,21,24-26,28-29H2,1-9H3/t33-/m1/s1. The molecule has 0 spiro atoms. The maximum atomic E-state index is 13.7. The minimum absolute atomic E-state index is 0.00909. The van der Waals surface area contributed by atoms with E-state index >= 15 is 0 Å². The summed E-state index contributed by atoms with van der Waals surface area (Å²) >= 11 is 0. The molecule has 0 aliphatic rings. The Kier molecular flexibility index (Phi) is 17.3. The molecule has 49 heavy (non-hydrogen) atoms. The second-order valence-electron chi connectivity index (χ2n) is 15.4. The molecule has 2 aromatic carbocycles. The van der Waals surface area contributed by atoms with Gasteiger partial charge in [0.15, 0.2) is 0 Å². The largest absolute Gasteiger partial charge is 0.531 e. The fourth-order valence-electron chi connectivity index (χ4n) is 4.90. The highest BCUT2D eigenvalue weighted by molar-refractivity contribution is 7.49. The Morgan fingerprint density at radius 1 is 0.796 bits per heavy atom. The zero-order valence-corrected chi connectivity index (χ0v) is 32.2. The molecule has 0 saturated carbocycles. The van der Waals surface area contributed by atoms with Crippen molar-refractivity contribution in [2.45, 2.75) is 137 Å². The van der Waals surface area contributed by atoms with Crippen molar-refractivity contribution in [1.82, 2.24) is 4.90 Å². The molecule has 0 saturated heterocycles. The van der Waals surface area contributed by atoms with Crippen LogP contribution in [0, 0.1) is 0 Å². The number of carbonyl (C=O) groups excluding carboxylic acids is 1. The third-order valence-corrected chi connectivity index (χ3v) is 8.94.